The zero-order valence-electron chi connectivity index (χ0n) is 10.9. The molecule has 0 spiro atoms. The van der Waals surface area contributed by atoms with Crippen molar-refractivity contribution >= 4 is 12.0 Å². The van der Waals surface area contributed by atoms with Gasteiger partial charge in [0.05, 0.1) is 5.69 Å². The maximum Gasteiger partial charge on any atom is 0.323 e. The molecule has 7 heteroatoms. The number of amides is 2. The summed E-state index contributed by atoms with van der Waals surface area (Å²) in [5.74, 6) is -1.05. The second-order valence-electron chi connectivity index (χ2n) is 4.03. The summed E-state index contributed by atoms with van der Waals surface area (Å²) in [5, 5.41) is 15.5. The van der Waals surface area contributed by atoms with Gasteiger partial charge in [0.2, 0.25) is 0 Å². The summed E-state index contributed by atoms with van der Waals surface area (Å²) in [5.41, 5.74) is 0.872. The van der Waals surface area contributed by atoms with E-state index < -0.39 is 12.0 Å². The standard InChI is InChI=1S/C12H18N4O3/c1-3-7-16(9-11(17)18)12(19)13-6-4-10-5-8-15(2)14-10/h3,5,8H,1,4,6-7,9H2,2H3,(H,13,19)(H,17,18). The van der Waals surface area contributed by atoms with Crippen molar-refractivity contribution in [3.63, 3.8) is 0 Å². The van der Waals surface area contributed by atoms with Gasteiger partial charge < -0.3 is 15.3 Å². The van der Waals surface area contributed by atoms with Crippen LogP contribution in [0.2, 0.25) is 0 Å². The van der Waals surface area contributed by atoms with Crippen molar-refractivity contribution in [1.82, 2.24) is 20.0 Å². The number of carbonyl (C=O) groups excluding carboxylic acids is 1. The second-order valence-corrected chi connectivity index (χ2v) is 4.03. The van der Waals surface area contributed by atoms with Gasteiger partial charge in [-0.25, -0.2) is 4.79 Å². The van der Waals surface area contributed by atoms with Crippen molar-refractivity contribution in [2.75, 3.05) is 19.6 Å². The van der Waals surface area contributed by atoms with Crippen molar-refractivity contribution in [3.8, 4) is 0 Å². The summed E-state index contributed by atoms with van der Waals surface area (Å²) in [6, 6.07) is 1.45. The Balaban J connectivity index is 2.39. The first-order valence-corrected chi connectivity index (χ1v) is 5.87. The molecule has 0 radical (unpaired) electrons. The van der Waals surface area contributed by atoms with E-state index in [0.717, 1.165) is 5.69 Å². The van der Waals surface area contributed by atoms with Crippen LogP contribution in [0.1, 0.15) is 5.69 Å². The van der Waals surface area contributed by atoms with E-state index >= 15 is 0 Å². The SMILES string of the molecule is C=CCN(CC(=O)O)C(=O)NCCc1ccn(C)n1. The third-order valence-corrected chi connectivity index (χ3v) is 2.39. The van der Waals surface area contributed by atoms with E-state index in [-0.39, 0.29) is 13.1 Å². The van der Waals surface area contributed by atoms with Crippen LogP contribution < -0.4 is 5.32 Å². The number of hydrogen-bond donors (Lipinski definition) is 2. The smallest absolute Gasteiger partial charge is 0.323 e. The van der Waals surface area contributed by atoms with Crippen LogP contribution in [0.15, 0.2) is 24.9 Å². The molecule has 0 atom stereocenters. The van der Waals surface area contributed by atoms with Gasteiger partial charge in [-0.15, -0.1) is 6.58 Å². The molecule has 19 heavy (non-hydrogen) atoms. The van der Waals surface area contributed by atoms with Crippen LogP contribution in [0.3, 0.4) is 0 Å². The van der Waals surface area contributed by atoms with Crippen LogP contribution in [0.4, 0.5) is 4.79 Å². The molecule has 1 heterocycles. The Labute approximate surface area is 111 Å². The van der Waals surface area contributed by atoms with Crippen molar-refractivity contribution in [3.05, 3.63) is 30.6 Å². The largest absolute Gasteiger partial charge is 0.480 e. The first kappa shape index (κ1) is 14.7. The number of hydrogen-bond acceptors (Lipinski definition) is 3. The predicted octanol–water partition coefficient (Wildman–Crippen LogP) is 0.245. The normalized spacial score (nSPS) is 9.95. The molecule has 1 rings (SSSR count). The van der Waals surface area contributed by atoms with Crippen LogP contribution in [0.5, 0.6) is 0 Å². The molecular formula is C12H18N4O3. The molecule has 0 aromatic carbocycles. The van der Waals surface area contributed by atoms with Gasteiger partial charge in [0.1, 0.15) is 6.54 Å². The summed E-state index contributed by atoms with van der Waals surface area (Å²) in [6.07, 6.45) is 3.91. The number of carbonyl (C=O) groups is 2. The summed E-state index contributed by atoms with van der Waals surface area (Å²) in [7, 11) is 1.82. The first-order valence-electron chi connectivity index (χ1n) is 5.87. The Morgan fingerprint density at radius 1 is 1.63 bits per heavy atom. The molecular weight excluding hydrogens is 248 g/mol. The van der Waals surface area contributed by atoms with Crippen molar-refractivity contribution in [1.29, 1.82) is 0 Å². The number of aliphatic carboxylic acids is 1. The lowest BCUT2D eigenvalue weighted by Crippen LogP contribution is -2.43. The number of aromatic nitrogens is 2. The van der Waals surface area contributed by atoms with E-state index in [0.29, 0.717) is 13.0 Å². The van der Waals surface area contributed by atoms with Crippen LogP contribution in [-0.4, -0.2) is 51.4 Å². The van der Waals surface area contributed by atoms with E-state index in [1.165, 1.54) is 11.0 Å². The Morgan fingerprint density at radius 3 is 2.89 bits per heavy atom. The van der Waals surface area contributed by atoms with Gasteiger partial charge in [0.25, 0.3) is 0 Å². The maximum atomic E-state index is 11.7. The summed E-state index contributed by atoms with van der Waals surface area (Å²) >= 11 is 0. The van der Waals surface area contributed by atoms with Crippen LogP contribution in [0, 0.1) is 0 Å². The van der Waals surface area contributed by atoms with Gasteiger partial charge in [-0.3, -0.25) is 9.48 Å². The van der Waals surface area contributed by atoms with Crippen molar-refractivity contribution < 1.29 is 14.7 Å². The fourth-order valence-electron chi connectivity index (χ4n) is 1.54. The number of rotatable bonds is 7. The van der Waals surface area contributed by atoms with Gasteiger partial charge in [-0.2, -0.15) is 5.10 Å². The zero-order valence-corrected chi connectivity index (χ0v) is 10.9. The Morgan fingerprint density at radius 2 is 2.37 bits per heavy atom. The molecule has 2 amide bonds. The highest BCUT2D eigenvalue weighted by Gasteiger charge is 2.14. The van der Waals surface area contributed by atoms with E-state index in [4.69, 9.17) is 5.11 Å². The fraction of sp³-hybridized carbons (Fsp3) is 0.417. The number of nitrogens with zero attached hydrogens (tertiary/aromatic N) is 3. The van der Waals surface area contributed by atoms with Crippen molar-refractivity contribution in [2.24, 2.45) is 7.05 Å². The molecule has 7 nitrogen and oxygen atoms in total. The van der Waals surface area contributed by atoms with Crippen molar-refractivity contribution in [2.45, 2.75) is 6.42 Å². The highest BCUT2D eigenvalue weighted by molar-refractivity contribution is 5.80. The number of carboxylic acids is 1. The third kappa shape index (κ3) is 5.24. The maximum absolute atomic E-state index is 11.7. The average Bonchev–Trinajstić information content (AvgIpc) is 2.74. The molecule has 0 unspecified atom stereocenters. The lowest BCUT2D eigenvalue weighted by atomic mass is 10.3. The van der Waals surface area contributed by atoms with Gasteiger partial charge in [0, 0.05) is 32.8 Å². The number of nitrogens with one attached hydrogen (secondary N) is 1. The van der Waals surface area contributed by atoms with E-state index in [2.05, 4.69) is 17.0 Å². The van der Waals surface area contributed by atoms with E-state index in [9.17, 15) is 9.59 Å². The molecule has 0 bridgehead atoms. The molecule has 0 saturated carbocycles. The first-order chi connectivity index (χ1) is 9.02. The van der Waals surface area contributed by atoms with E-state index in [1.807, 2.05) is 19.3 Å². The molecule has 2 N–H and O–H groups in total. The fourth-order valence-corrected chi connectivity index (χ4v) is 1.54. The minimum Gasteiger partial charge on any atom is -0.480 e. The summed E-state index contributed by atoms with van der Waals surface area (Å²) < 4.78 is 1.69. The molecule has 1 aromatic heterocycles. The topological polar surface area (TPSA) is 87.5 Å². The monoisotopic (exact) mass is 266 g/mol. The zero-order chi connectivity index (χ0) is 14.3. The minimum absolute atomic E-state index is 0.196. The highest BCUT2D eigenvalue weighted by Crippen LogP contribution is 1.95. The average molecular weight is 266 g/mol. The minimum atomic E-state index is -1.05. The molecule has 0 saturated heterocycles. The van der Waals surface area contributed by atoms with Crippen LogP contribution >= 0.6 is 0 Å². The number of aryl methyl sites for hydroxylation is 1. The molecule has 0 aliphatic heterocycles. The quantitative estimate of drug-likeness (QED) is 0.692. The molecule has 1 aromatic rings. The lowest BCUT2D eigenvalue weighted by molar-refractivity contribution is -0.137. The summed E-state index contributed by atoms with van der Waals surface area (Å²) in [6.45, 7) is 3.75. The molecule has 0 aliphatic carbocycles. The van der Waals surface area contributed by atoms with Gasteiger partial charge in [-0.05, 0) is 6.07 Å². The predicted molar refractivity (Wildman–Crippen MR) is 69.7 cm³/mol. The number of carboxylic acid groups (broad SMARTS) is 1. The van der Waals surface area contributed by atoms with Gasteiger partial charge in [-0.1, -0.05) is 6.08 Å². The lowest BCUT2D eigenvalue weighted by Gasteiger charge is -2.19. The summed E-state index contributed by atoms with van der Waals surface area (Å²) in [4.78, 5) is 23.5. The van der Waals surface area contributed by atoms with Gasteiger partial charge in [0.15, 0.2) is 0 Å². The molecule has 0 aliphatic rings. The van der Waals surface area contributed by atoms with Crippen LogP contribution in [0.25, 0.3) is 0 Å². The Hall–Kier alpha value is -2.31. The van der Waals surface area contributed by atoms with E-state index in [1.54, 1.807) is 4.68 Å². The third-order valence-electron chi connectivity index (χ3n) is 2.39. The second kappa shape index (κ2) is 7.20. The number of urea groups is 1. The van der Waals surface area contributed by atoms with Crippen LogP contribution in [-0.2, 0) is 18.3 Å². The van der Waals surface area contributed by atoms with Gasteiger partial charge >= 0.3 is 12.0 Å². The highest BCUT2D eigenvalue weighted by atomic mass is 16.4. The Bertz CT molecular complexity index is 456. The molecule has 104 valence electrons. The Kier molecular flexibility index (Phi) is 5.59. The molecule has 0 fully saturated rings.